The largest absolute Gasteiger partial charge is 0.247 e. The van der Waals surface area contributed by atoms with Crippen LogP contribution in [0.1, 0.15) is 6.92 Å². The molecule has 0 atom stereocenters. The van der Waals surface area contributed by atoms with E-state index in [2.05, 4.69) is 18.0 Å². The molecule has 0 aliphatic heterocycles. The molecule has 0 amide bonds. The fraction of sp³-hybridized carbons (Fsp3) is 0.200. The minimum absolute atomic E-state index is 1.70. The summed E-state index contributed by atoms with van der Waals surface area (Å²) < 4.78 is 0. The number of allylic oxidation sites excluding steroid dienone is 2. The van der Waals surface area contributed by atoms with Gasteiger partial charge in [0.05, 0.1) is 6.07 Å². The Bertz CT molecular complexity index is 92.2. The standard InChI is InChI=1S/C5H7N/c1-3-4-5-6-2/h3-4H,2H2,1H3. The summed E-state index contributed by atoms with van der Waals surface area (Å²) in [6.45, 7) is 1.90. The maximum Gasteiger partial charge on any atom is 0.122 e. The molecule has 0 aromatic heterocycles. The second kappa shape index (κ2) is 4.10. The Morgan fingerprint density at radius 2 is 2.50 bits per heavy atom. The molecular formula is C5H7N. The van der Waals surface area contributed by atoms with E-state index in [1.54, 1.807) is 6.08 Å². The fourth-order valence-electron chi connectivity index (χ4n) is 0.127. The zero-order valence-electron chi connectivity index (χ0n) is 3.81. The second-order valence-electron chi connectivity index (χ2n) is 0.787. The van der Waals surface area contributed by atoms with Crippen molar-refractivity contribution in [1.82, 2.24) is 0 Å². The van der Waals surface area contributed by atoms with E-state index in [-0.39, 0.29) is 0 Å². The van der Waals surface area contributed by atoms with Crippen molar-refractivity contribution in [3.63, 3.8) is 0 Å². The van der Waals surface area contributed by atoms with E-state index in [1.165, 1.54) is 0 Å². The van der Waals surface area contributed by atoms with Crippen LogP contribution in [0.5, 0.6) is 0 Å². The Hall–Kier alpha value is -0.900. The normalized spacial score (nSPS) is 7.50. The Balaban J connectivity index is 3.24. The summed E-state index contributed by atoms with van der Waals surface area (Å²) in [4.78, 5) is 3.34. The zero-order valence-corrected chi connectivity index (χ0v) is 3.81. The second-order valence-corrected chi connectivity index (χ2v) is 0.787. The first-order chi connectivity index (χ1) is 2.91. The van der Waals surface area contributed by atoms with Crippen molar-refractivity contribution in [1.29, 1.82) is 0 Å². The molecule has 0 radical (unpaired) electrons. The molecule has 0 spiro atoms. The van der Waals surface area contributed by atoms with Crippen molar-refractivity contribution in [2.24, 2.45) is 0 Å². The lowest BCUT2D eigenvalue weighted by atomic mass is 10.6. The van der Waals surface area contributed by atoms with Gasteiger partial charge in [0, 0.05) is 0 Å². The van der Waals surface area contributed by atoms with Crippen molar-refractivity contribution in [2.75, 3.05) is 0 Å². The fourth-order valence-corrected chi connectivity index (χ4v) is 0.127. The van der Waals surface area contributed by atoms with E-state index in [9.17, 15) is 0 Å². The molecule has 0 aliphatic rings. The highest BCUT2D eigenvalue weighted by Gasteiger charge is 1.47. The van der Waals surface area contributed by atoms with Crippen molar-refractivity contribution in [3.8, 4) is 6.07 Å². The quantitative estimate of drug-likeness (QED) is 0.308. The Morgan fingerprint density at radius 1 is 1.83 bits per heavy atom. The van der Waals surface area contributed by atoms with Gasteiger partial charge < -0.3 is 0 Å². The molecule has 0 saturated heterocycles. The monoisotopic (exact) mass is 81.1 g/mol. The highest BCUT2D eigenvalue weighted by Crippen LogP contribution is 1.64. The van der Waals surface area contributed by atoms with Crippen molar-refractivity contribution >= 4 is 0 Å². The summed E-state index contributed by atoms with van der Waals surface area (Å²) in [7, 11) is 3.19. The van der Waals surface area contributed by atoms with Gasteiger partial charge in [-0.3, -0.25) is 0 Å². The molecule has 0 fully saturated rings. The molecule has 6 heavy (non-hydrogen) atoms. The van der Waals surface area contributed by atoms with E-state index in [0.29, 0.717) is 0 Å². The molecule has 0 unspecified atom stereocenters. The van der Waals surface area contributed by atoms with E-state index >= 15 is 0 Å². The average Bonchev–Trinajstić information content (AvgIpc) is 1.61. The van der Waals surface area contributed by atoms with Crippen LogP contribution < -0.4 is 0 Å². The van der Waals surface area contributed by atoms with Crippen molar-refractivity contribution in [2.45, 2.75) is 6.92 Å². The molecule has 1 nitrogen and oxygen atoms in total. The van der Waals surface area contributed by atoms with Gasteiger partial charge in [0.1, 0.15) is 7.05 Å². The lowest BCUT2D eigenvalue weighted by Crippen LogP contribution is -1.38. The van der Waals surface area contributed by atoms with Gasteiger partial charge in [-0.25, -0.2) is 4.85 Å². The summed E-state index contributed by atoms with van der Waals surface area (Å²) >= 11 is 0. The van der Waals surface area contributed by atoms with E-state index < -0.39 is 0 Å². The van der Waals surface area contributed by atoms with Gasteiger partial charge in [-0.05, 0) is 13.0 Å². The van der Waals surface area contributed by atoms with Crippen molar-refractivity contribution in [3.05, 3.63) is 24.0 Å². The van der Waals surface area contributed by atoms with Crippen LogP contribution in [0.25, 0.3) is 4.85 Å². The summed E-state index contributed by atoms with van der Waals surface area (Å²) in [6.07, 6.45) is 3.54. The maximum absolute atomic E-state index is 3.34. The highest BCUT2D eigenvalue weighted by atomic mass is 14.6. The van der Waals surface area contributed by atoms with Gasteiger partial charge in [-0.15, -0.1) is 0 Å². The molecule has 0 aromatic rings. The molecule has 0 rings (SSSR count). The first-order valence-electron chi connectivity index (χ1n) is 1.74. The smallest absolute Gasteiger partial charge is 0.122 e. The third-order valence-corrected chi connectivity index (χ3v) is 0.332. The van der Waals surface area contributed by atoms with Crippen molar-refractivity contribution < 1.29 is 0 Å². The number of hydrogen-bond donors (Lipinski definition) is 0. The van der Waals surface area contributed by atoms with E-state index in [1.807, 2.05) is 13.0 Å². The third kappa shape index (κ3) is 3.10. The molecule has 0 aromatic carbocycles. The van der Waals surface area contributed by atoms with Gasteiger partial charge >= 0.3 is 0 Å². The van der Waals surface area contributed by atoms with E-state index in [4.69, 9.17) is 0 Å². The van der Waals surface area contributed by atoms with Gasteiger partial charge in [0.25, 0.3) is 0 Å². The molecule has 0 aliphatic carbocycles. The summed E-state index contributed by atoms with van der Waals surface area (Å²) in [5.74, 6) is 0. The SMILES string of the molecule is [CH2-][N+]#CC=CC. The molecule has 0 bridgehead atoms. The van der Waals surface area contributed by atoms with Gasteiger partial charge in [-0.2, -0.15) is 0 Å². The first kappa shape index (κ1) is 5.10. The maximum atomic E-state index is 3.34. The van der Waals surface area contributed by atoms with Crippen LogP contribution in [0.2, 0.25) is 0 Å². The predicted octanol–water partition coefficient (Wildman–Crippen LogP) is 1.69. The topological polar surface area (TPSA) is 4.36 Å². The lowest BCUT2D eigenvalue weighted by molar-refractivity contribution is 1.76. The van der Waals surface area contributed by atoms with Crippen LogP contribution in [0.4, 0.5) is 0 Å². The number of nitrogens with zero attached hydrogens (tertiary/aromatic N) is 1. The third-order valence-electron chi connectivity index (χ3n) is 0.332. The molecule has 1 heteroatoms. The Kier molecular flexibility index (Phi) is 3.48. The van der Waals surface area contributed by atoms with Gasteiger partial charge in [-0.1, -0.05) is 6.08 Å². The zero-order chi connectivity index (χ0) is 4.83. The predicted molar refractivity (Wildman–Crippen MR) is 27.4 cm³/mol. The molecule has 32 valence electrons. The van der Waals surface area contributed by atoms with Crippen LogP contribution in [0.3, 0.4) is 0 Å². The van der Waals surface area contributed by atoms with Gasteiger partial charge in [0.15, 0.2) is 0 Å². The van der Waals surface area contributed by atoms with Gasteiger partial charge in [0.2, 0.25) is 0 Å². The summed E-state index contributed by atoms with van der Waals surface area (Å²) in [5, 5.41) is 0. The minimum Gasteiger partial charge on any atom is -0.247 e. The Morgan fingerprint density at radius 3 is 2.67 bits per heavy atom. The van der Waals surface area contributed by atoms with Crippen LogP contribution in [0, 0.1) is 13.1 Å². The summed E-state index contributed by atoms with van der Waals surface area (Å²) in [6, 6.07) is 2.53. The first-order valence-corrected chi connectivity index (χ1v) is 1.74. The average molecular weight is 81.1 g/mol. The number of rotatable bonds is 0. The van der Waals surface area contributed by atoms with Crippen LogP contribution in [-0.4, -0.2) is 0 Å². The molecular weight excluding hydrogens is 74.1 g/mol. The lowest BCUT2D eigenvalue weighted by Gasteiger charge is -1.55. The molecule has 0 heterocycles. The summed E-state index contributed by atoms with van der Waals surface area (Å²) in [5.41, 5.74) is 0. The molecule has 0 N–H and O–H groups in total. The van der Waals surface area contributed by atoms with Crippen LogP contribution in [-0.2, 0) is 0 Å². The minimum atomic E-state index is 1.70. The Labute approximate surface area is 38.1 Å². The van der Waals surface area contributed by atoms with Crippen LogP contribution in [0.15, 0.2) is 12.2 Å². The molecule has 0 saturated carbocycles. The van der Waals surface area contributed by atoms with Crippen LogP contribution >= 0.6 is 0 Å². The highest BCUT2D eigenvalue weighted by molar-refractivity contribution is 5.07. The van der Waals surface area contributed by atoms with E-state index in [0.717, 1.165) is 0 Å². The number of hydrogen-bond acceptors (Lipinski definition) is 0.